The molecule has 0 aromatic heterocycles. The summed E-state index contributed by atoms with van der Waals surface area (Å²) in [6, 6.07) is 8.53. The maximum absolute atomic E-state index is 11.9. The lowest BCUT2D eigenvalue weighted by Crippen LogP contribution is -2.47. The van der Waals surface area contributed by atoms with Crippen LogP contribution in [0.25, 0.3) is 0 Å². The molecule has 90 valence electrons. The number of amides is 1. The van der Waals surface area contributed by atoms with Crippen molar-refractivity contribution in [3.8, 4) is 6.07 Å². The zero-order valence-corrected chi connectivity index (χ0v) is 10.7. The molecule has 0 aliphatic carbocycles. The summed E-state index contributed by atoms with van der Waals surface area (Å²) < 4.78 is 0. The van der Waals surface area contributed by atoms with Gasteiger partial charge in [0.1, 0.15) is 0 Å². The number of carbonyl (C=O) groups is 1. The average Bonchev–Trinajstić information content (AvgIpc) is 2.38. The van der Waals surface area contributed by atoms with Crippen LogP contribution in [0.5, 0.6) is 0 Å². The van der Waals surface area contributed by atoms with Crippen molar-refractivity contribution in [2.75, 3.05) is 5.88 Å². The first-order valence-electron chi connectivity index (χ1n) is 5.43. The number of rotatable bonds is 4. The molecule has 1 N–H and O–H groups in total. The van der Waals surface area contributed by atoms with Crippen LogP contribution >= 0.6 is 11.6 Å². The van der Waals surface area contributed by atoms with Gasteiger partial charge in [-0.1, -0.05) is 6.92 Å². The molecule has 1 unspecified atom stereocenters. The molecule has 0 saturated carbocycles. The monoisotopic (exact) mass is 250 g/mol. The van der Waals surface area contributed by atoms with Gasteiger partial charge in [-0.05, 0) is 37.6 Å². The molecule has 1 rings (SSSR count). The summed E-state index contributed by atoms with van der Waals surface area (Å²) in [4.78, 5) is 11.9. The third kappa shape index (κ3) is 3.47. The van der Waals surface area contributed by atoms with Crippen LogP contribution in [0.1, 0.15) is 36.2 Å². The van der Waals surface area contributed by atoms with E-state index in [1.165, 1.54) is 0 Å². The van der Waals surface area contributed by atoms with E-state index >= 15 is 0 Å². The molecule has 0 aliphatic rings. The second-order valence-electron chi connectivity index (χ2n) is 4.19. The summed E-state index contributed by atoms with van der Waals surface area (Å²) in [5, 5.41) is 11.6. The normalized spacial score (nSPS) is 13.5. The Balaban J connectivity index is 2.80. The van der Waals surface area contributed by atoms with Crippen molar-refractivity contribution in [3.05, 3.63) is 35.4 Å². The number of carbonyl (C=O) groups excluding carboxylic acids is 1. The molecule has 0 heterocycles. The fourth-order valence-corrected chi connectivity index (χ4v) is 1.51. The Hall–Kier alpha value is -1.53. The maximum Gasteiger partial charge on any atom is 0.251 e. The summed E-state index contributed by atoms with van der Waals surface area (Å²) in [6.07, 6.45) is 0.762. The van der Waals surface area contributed by atoms with Gasteiger partial charge >= 0.3 is 0 Å². The predicted octanol–water partition coefficient (Wildman–Crippen LogP) is 2.70. The van der Waals surface area contributed by atoms with E-state index in [4.69, 9.17) is 16.9 Å². The fraction of sp³-hybridized carbons (Fsp3) is 0.385. The standard InChI is InChI=1S/C13H15ClN2O/c1-3-13(2,9-14)16-12(17)11-6-4-10(8-15)5-7-11/h4-7H,3,9H2,1-2H3,(H,16,17). The zero-order chi connectivity index (χ0) is 12.9. The van der Waals surface area contributed by atoms with Crippen molar-refractivity contribution >= 4 is 17.5 Å². The van der Waals surface area contributed by atoms with E-state index in [-0.39, 0.29) is 5.91 Å². The largest absolute Gasteiger partial charge is 0.346 e. The second-order valence-corrected chi connectivity index (χ2v) is 4.46. The number of hydrogen-bond donors (Lipinski definition) is 1. The molecule has 1 amide bonds. The van der Waals surface area contributed by atoms with Crippen LogP contribution in [0.2, 0.25) is 0 Å². The number of benzene rings is 1. The van der Waals surface area contributed by atoms with E-state index < -0.39 is 5.54 Å². The first-order valence-corrected chi connectivity index (χ1v) is 5.97. The van der Waals surface area contributed by atoms with Gasteiger partial charge in [-0.2, -0.15) is 5.26 Å². The SMILES string of the molecule is CCC(C)(CCl)NC(=O)c1ccc(C#N)cc1. The first-order chi connectivity index (χ1) is 8.04. The fourth-order valence-electron chi connectivity index (χ4n) is 1.26. The van der Waals surface area contributed by atoms with Gasteiger partial charge in [-0.25, -0.2) is 0 Å². The Bertz CT molecular complexity index is 430. The topological polar surface area (TPSA) is 52.9 Å². The highest BCUT2D eigenvalue weighted by atomic mass is 35.5. The molecule has 1 atom stereocenters. The van der Waals surface area contributed by atoms with Crippen molar-refractivity contribution in [3.63, 3.8) is 0 Å². The average molecular weight is 251 g/mol. The van der Waals surface area contributed by atoms with Gasteiger partial charge < -0.3 is 5.32 Å². The number of alkyl halides is 1. The highest BCUT2D eigenvalue weighted by Gasteiger charge is 2.23. The summed E-state index contributed by atoms with van der Waals surface area (Å²) in [5.41, 5.74) is 0.679. The summed E-state index contributed by atoms with van der Waals surface area (Å²) in [5.74, 6) is 0.199. The van der Waals surface area contributed by atoms with Gasteiger partial charge in [0.15, 0.2) is 0 Å². The Morgan fingerprint density at radius 3 is 2.47 bits per heavy atom. The number of hydrogen-bond acceptors (Lipinski definition) is 2. The van der Waals surface area contributed by atoms with Crippen LogP contribution in [0.4, 0.5) is 0 Å². The number of nitrogens with one attached hydrogen (secondary N) is 1. The van der Waals surface area contributed by atoms with Gasteiger partial charge in [0.05, 0.1) is 17.2 Å². The van der Waals surface area contributed by atoms with Crippen LogP contribution in [-0.4, -0.2) is 17.3 Å². The van der Waals surface area contributed by atoms with E-state index in [0.29, 0.717) is 17.0 Å². The van der Waals surface area contributed by atoms with Crippen molar-refractivity contribution in [2.45, 2.75) is 25.8 Å². The van der Waals surface area contributed by atoms with Crippen LogP contribution in [-0.2, 0) is 0 Å². The lowest BCUT2D eigenvalue weighted by molar-refractivity contribution is 0.0912. The maximum atomic E-state index is 11.9. The molecule has 0 aliphatic heterocycles. The smallest absolute Gasteiger partial charge is 0.251 e. The van der Waals surface area contributed by atoms with Crippen LogP contribution < -0.4 is 5.32 Å². The van der Waals surface area contributed by atoms with E-state index in [0.717, 1.165) is 6.42 Å². The minimum absolute atomic E-state index is 0.167. The van der Waals surface area contributed by atoms with Crippen LogP contribution in [0.3, 0.4) is 0 Å². The highest BCUT2D eigenvalue weighted by molar-refractivity contribution is 6.18. The predicted molar refractivity (Wildman–Crippen MR) is 68.0 cm³/mol. The summed E-state index contributed by atoms with van der Waals surface area (Å²) in [6.45, 7) is 3.88. The molecule has 0 saturated heterocycles. The highest BCUT2D eigenvalue weighted by Crippen LogP contribution is 2.13. The minimum Gasteiger partial charge on any atom is -0.346 e. The molecule has 4 heteroatoms. The quantitative estimate of drug-likeness (QED) is 0.836. The summed E-state index contributed by atoms with van der Waals surface area (Å²) >= 11 is 5.83. The Morgan fingerprint density at radius 2 is 2.06 bits per heavy atom. The Labute approximate surface area is 106 Å². The van der Waals surface area contributed by atoms with E-state index in [1.807, 2.05) is 19.9 Å². The molecule has 0 radical (unpaired) electrons. The molecule has 0 fully saturated rings. The molecular formula is C13H15ClN2O. The number of nitriles is 1. The van der Waals surface area contributed by atoms with Crippen molar-refractivity contribution in [2.24, 2.45) is 0 Å². The van der Waals surface area contributed by atoms with E-state index in [1.54, 1.807) is 24.3 Å². The molecule has 0 bridgehead atoms. The zero-order valence-electron chi connectivity index (χ0n) is 9.96. The van der Waals surface area contributed by atoms with Gasteiger partial charge in [-0.3, -0.25) is 4.79 Å². The molecule has 1 aromatic rings. The van der Waals surface area contributed by atoms with Crippen LogP contribution in [0.15, 0.2) is 24.3 Å². The van der Waals surface area contributed by atoms with Crippen molar-refractivity contribution in [1.29, 1.82) is 5.26 Å². The van der Waals surface area contributed by atoms with Gasteiger partial charge in [0.2, 0.25) is 0 Å². The molecule has 0 spiro atoms. The molecule has 3 nitrogen and oxygen atoms in total. The van der Waals surface area contributed by atoms with Gasteiger partial charge in [0.25, 0.3) is 5.91 Å². The van der Waals surface area contributed by atoms with Gasteiger partial charge in [0, 0.05) is 11.4 Å². The van der Waals surface area contributed by atoms with E-state index in [2.05, 4.69) is 5.32 Å². The molecule has 1 aromatic carbocycles. The van der Waals surface area contributed by atoms with Crippen LogP contribution in [0, 0.1) is 11.3 Å². The molecular weight excluding hydrogens is 236 g/mol. The van der Waals surface area contributed by atoms with Crippen molar-refractivity contribution in [1.82, 2.24) is 5.32 Å². The summed E-state index contributed by atoms with van der Waals surface area (Å²) in [7, 11) is 0. The van der Waals surface area contributed by atoms with Crippen molar-refractivity contribution < 1.29 is 4.79 Å². The Kier molecular flexibility index (Phi) is 4.53. The second kappa shape index (κ2) is 5.70. The third-order valence-electron chi connectivity index (χ3n) is 2.77. The molecule has 17 heavy (non-hydrogen) atoms. The first kappa shape index (κ1) is 13.5. The van der Waals surface area contributed by atoms with E-state index in [9.17, 15) is 4.79 Å². The number of nitrogens with zero attached hydrogens (tertiary/aromatic N) is 1. The van der Waals surface area contributed by atoms with Gasteiger partial charge in [-0.15, -0.1) is 11.6 Å². The number of halogens is 1. The Morgan fingerprint density at radius 1 is 1.47 bits per heavy atom. The third-order valence-corrected chi connectivity index (χ3v) is 3.36. The lowest BCUT2D eigenvalue weighted by atomic mass is 10.0. The lowest BCUT2D eigenvalue weighted by Gasteiger charge is -2.27. The minimum atomic E-state index is -0.396.